The van der Waals surface area contributed by atoms with Gasteiger partial charge in [-0.25, -0.2) is 9.97 Å². The van der Waals surface area contributed by atoms with Crippen molar-refractivity contribution in [2.45, 2.75) is 0 Å². The molecule has 1 heterocycles. The normalized spacial score (nSPS) is 10.2. The fraction of sp³-hybridized carbons (Fsp3) is 0. The Morgan fingerprint density at radius 3 is 2.20 bits per heavy atom. The van der Waals surface area contributed by atoms with Crippen molar-refractivity contribution < 1.29 is 0 Å². The van der Waals surface area contributed by atoms with Gasteiger partial charge in [0.15, 0.2) is 0 Å². The van der Waals surface area contributed by atoms with Gasteiger partial charge in [0, 0.05) is 27.2 Å². The maximum Gasteiger partial charge on any atom is 0.227 e. The molecule has 0 fully saturated rings. The maximum atomic E-state index is 4.28. The predicted molar refractivity (Wildman–Crippen MR) is 89.9 cm³/mol. The minimum Gasteiger partial charge on any atom is -0.324 e. The molecule has 0 unspecified atom stereocenters. The zero-order valence-electron chi connectivity index (χ0n) is 10.6. The van der Waals surface area contributed by atoms with Crippen LogP contribution < -0.4 is 5.32 Å². The van der Waals surface area contributed by atoms with Crippen LogP contribution in [0.4, 0.5) is 11.6 Å². The Kier molecular flexibility index (Phi) is 3.92. The Hall–Kier alpha value is -1.95. The maximum absolute atomic E-state index is 4.28. The van der Waals surface area contributed by atoms with Gasteiger partial charge in [-0.15, -0.1) is 0 Å². The van der Waals surface area contributed by atoms with Crippen molar-refractivity contribution in [1.29, 1.82) is 0 Å². The van der Waals surface area contributed by atoms with Gasteiger partial charge in [0.2, 0.25) is 5.95 Å². The molecule has 3 aromatic rings. The van der Waals surface area contributed by atoms with Crippen LogP contribution in [0, 0.1) is 3.57 Å². The fourth-order valence-corrected chi connectivity index (χ4v) is 2.24. The molecular weight excluding hydrogens is 361 g/mol. The molecule has 3 rings (SSSR count). The fourth-order valence-electron chi connectivity index (χ4n) is 1.96. The van der Waals surface area contributed by atoms with E-state index in [1.165, 1.54) is 5.56 Å². The summed E-state index contributed by atoms with van der Waals surface area (Å²) < 4.78 is 1.02. The summed E-state index contributed by atoms with van der Waals surface area (Å²) in [7, 11) is 0. The van der Waals surface area contributed by atoms with Gasteiger partial charge < -0.3 is 5.32 Å². The second kappa shape index (κ2) is 6.00. The van der Waals surface area contributed by atoms with Gasteiger partial charge >= 0.3 is 0 Å². The summed E-state index contributed by atoms with van der Waals surface area (Å²) in [6.07, 6.45) is 3.59. The summed E-state index contributed by atoms with van der Waals surface area (Å²) in [5.41, 5.74) is 3.30. The summed E-state index contributed by atoms with van der Waals surface area (Å²) in [4.78, 5) is 8.56. The molecule has 0 aliphatic heterocycles. The lowest BCUT2D eigenvalue weighted by molar-refractivity contribution is 1.15. The summed E-state index contributed by atoms with van der Waals surface area (Å²) >= 11 is 2.19. The number of nitrogens with zero attached hydrogens (tertiary/aromatic N) is 2. The third-order valence-corrected chi connectivity index (χ3v) is 3.44. The Labute approximate surface area is 131 Å². The van der Waals surface area contributed by atoms with Crippen LogP contribution in [0.5, 0.6) is 0 Å². The highest BCUT2D eigenvalue weighted by molar-refractivity contribution is 14.1. The molecule has 0 spiro atoms. The first-order valence-corrected chi connectivity index (χ1v) is 7.30. The Morgan fingerprint density at radius 1 is 0.800 bits per heavy atom. The quantitative estimate of drug-likeness (QED) is 0.688. The Bertz CT molecular complexity index is 696. The molecule has 1 N–H and O–H groups in total. The topological polar surface area (TPSA) is 37.8 Å². The molecule has 4 heteroatoms. The Balaban J connectivity index is 1.96. The molecule has 0 amide bonds. The molecule has 0 saturated carbocycles. The molecule has 0 radical (unpaired) electrons. The monoisotopic (exact) mass is 373 g/mol. The smallest absolute Gasteiger partial charge is 0.227 e. The van der Waals surface area contributed by atoms with E-state index in [1.807, 2.05) is 36.4 Å². The van der Waals surface area contributed by atoms with Crippen LogP contribution >= 0.6 is 22.6 Å². The minimum absolute atomic E-state index is 0.605. The van der Waals surface area contributed by atoms with Crippen molar-refractivity contribution in [3.05, 3.63) is 70.6 Å². The lowest BCUT2D eigenvalue weighted by Gasteiger charge is -2.10. The van der Waals surface area contributed by atoms with Gasteiger partial charge in [-0.1, -0.05) is 48.5 Å². The van der Waals surface area contributed by atoms with Crippen molar-refractivity contribution in [2.24, 2.45) is 0 Å². The van der Waals surface area contributed by atoms with Gasteiger partial charge in [-0.3, -0.25) is 0 Å². The molecule has 98 valence electrons. The number of hydrogen-bond donors (Lipinski definition) is 1. The molecule has 0 saturated heterocycles. The summed E-state index contributed by atoms with van der Waals surface area (Å²) in [6, 6.07) is 18.4. The van der Waals surface area contributed by atoms with E-state index in [1.54, 1.807) is 12.4 Å². The number of rotatable bonds is 3. The van der Waals surface area contributed by atoms with E-state index < -0.39 is 0 Å². The zero-order chi connectivity index (χ0) is 13.8. The standard InChI is InChI=1S/C16H12IN3/c17-13-10-18-16(19-11-13)20-15-9-5-4-8-14(15)12-6-2-1-3-7-12/h1-11H,(H,18,19,20). The van der Waals surface area contributed by atoms with E-state index >= 15 is 0 Å². The van der Waals surface area contributed by atoms with Gasteiger partial charge in [-0.05, 0) is 34.2 Å². The van der Waals surface area contributed by atoms with Crippen LogP contribution in [0.15, 0.2) is 67.0 Å². The van der Waals surface area contributed by atoms with E-state index in [-0.39, 0.29) is 0 Å². The second-order valence-electron chi connectivity index (χ2n) is 4.26. The largest absolute Gasteiger partial charge is 0.324 e. The SMILES string of the molecule is Ic1cnc(Nc2ccccc2-c2ccccc2)nc1. The van der Waals surface area contributed by atoms with Gasteiger partial charge in [0.25, 0.3) is 0 Å². The first-order valence-electron chi connectivity index (χ1n) is 6.22. The molecule has 1 aromatic heterocycles. The van der Waals surface area contributed by atoms with E-state index in [0.717, 1.165) is 14.8 Å². The summed E-state index contributed by atoms with van der Waals surface area (Å²) in [6.45, 7) is 0. The van der Waals surface area contributed by atoms with Gasteiger partial charge in [-0.2, -0.15) is 0 Å². The molecule has 2 aromatic carbocycles. The zero-order valence-corrected chi connectivity index (χ0v) is 12.8. The van der Waals surface area contributed by atoms with Crippen LogP contribution in [0.3, 0.4) is 0 Å². The molecule has 0 aliphatic rings. The number of hydrogen-bond acceptors (Lipinski definition) is 3. The summed E-state index contributed by atoms with van der Waals surface area (Å²) in [5, 5.41) is 3.27. The van der Waals surface area contributed by atoms with Crippen LogP contribution in [0.2, 0.25) is 0 Å². The van der Waals surface area contributed by atoms with Crippen molar-refractivity contribution in [3.63, 3.8) is 0 Å². The van der Waals surface area contributed by atoms with Crippen LogP contribution in [0.25, 0.3) is 11.1 Å². The van der Waals surface area contributed by atoms with E-state index in [4.69, 9.17) is 0 Å². The molecule has 0 bridgehead atoms. The van der Waals surface area contributed by atoms with Crippen molar-refractivity contribution in [3.8, 4) is 11.1 Å². The van der Waals surface area contributed by atoms with Gasteiger partial charge in [0.1, 0.15) is 0 Å². The number of anilines is 2. The highest BCUT2D eigenvalue weighted by atomic mass is 127. The number of nitrogens with one attached hydrogen (secondary N) is 1. The summed E-state index contributed by atoms with van der Waals surface area (Å²) in [5.74, 6) is 0.605. The minimum atomic E-state index is 0.605. The van der Waals surface area contributed by atoms with E-state index in [0.29, 0.717) is 5.95 Å². The highest BCUT2D eigenvalue weighted by Gasteiger charge is 2.05. The molecule has 0 atom stereocenters. The molecule has 3 nitrogen and oxygen atoms in total. The van der Waals surface area contributed by atoms with Crippen LogP contribution in [-0.2, 0) is 0 Å². The van der Waals surface area contributed by atoms with Crippen LogP contribution in [-0.4, -0.2) is 9.97 Å². The number of aromatic nitrogens is 2. The molecule has 0 aliphatic carbocycles. The first kappa shape index (κ1) is 13.1. The lowest BCUT2D eigenvalue weighted by Crippen LogP contribution is -1.98. The van der Waals surface area contributed by atoms with Crippen LogP contribution in [0.1, 0.15) is 0 Å². The van der Waals surface area contributed by atoms with E-state index in [9.17, 15) is 0 Å². The van der Waals surface area contributed by atoms with Crippen molar-refractivity contribution in [2.75, 3.05) is 5.32 Å². The van der Waals surface area contributed by atoms with Gasteiger partial charge in [0.05, 0.1) is 0 Å². The number of halogens is 1. The first-order chi connectivity index (χ1) is 9.83. The number of para-hydroxylation sites is 1. The third-order valence-electron chi connectivity index (χ3n) is 2.88. The molecule has 20 heavy (non-hydrogen) atoms. The van der Waals surface area contributed by atoms with E-state index in [2.05, 4.69) is 56.1 Å². The molecular formula is C16H12IN3. The highest BCUT2D eigenvalue weighted by Crippen LogP contribution is 2.28. The predicted octanol–water partition coefficient (Wildman–Crippen LogP) is 4.49. The van der Waals surface area contributed by atoms with Crippen molar-refractivity contribution >= 4 is 34.2 Å². The second-order valence-corrected chi connectivity index (χ2v) is 5.51. The lowest BCUT2D eigenvalue weighted by atomic mass is 10.0. The Morgan fingerprint density at radius 2 is 1.45 bits per heavy atom. The average molecular weight is 373 g/mol. The third kappa shape index (κ3) is 2.96. The van der Waals surface area contributed by atoms with Crippen molar-refractivity contribution in [1.82, 2.24) is 9.97 Å². The number of benzene rings is 2. The average Bonchev–Trinajstić information content (AvgIpc) is 2.51.